The van der Waals surface area contributed by atoms with E-state index in [0.717, 1.165) is 23.5 Å². The van der Waals surface area contributed by atoms with Crippen molar-refractivity contribution in [3.63, 3.8) is 0 Å². The van der Waals surface area contributed by atoms with Crippen molar-refractivity contribution < 1.29 is 4.42 Å². The van der Waals surface area contributed by atoms with Crippen LogP contribution in [-0.2, 0) is 0 Å². The monoisotopic (exact) mass is 587 g/mol. The molecule has 2 aliphatic rings. The lowest BCUT2D eigenvalue weighted by Crippen LogP contribution is -2.13. The zero-order valence-electron chi connectivity index (χ0n) is 25.2. The minimum atomic E-state index is 0.137. The number of nitrogens with zero attached hydrogens (tertiary/aromatic N) is 1. The minimum Gasteiger partial charge on any atom is -0.456 e. The molecule has 216 valence electrons. The lowest BCUT2D eigenvalue weighted by Gasteiger charge is -2.30. The maximum Gasteiger partial charge on any atom is 0.137 e. The second-order valence-corrected chi connectivity index (χ2v) is 12.4. The molecular formula is C44H29NO. The summed E-state index contributed by atoms with van der Waals surface area (Å²) in [7, 11) is 0. The van der Waals surface area contributed by atoms with Gasteiger partial charge >= 0.3 is 0 Å². The molecule has 1 aliphatic heterocycles. The molecule has 8 aromatic rings. The van der Waals surface area contributed by atoms with Crippen molar-refractivity contribution in [3.8, 4) is 11.1 Å². The zero-order chi connectivity index (χ0) is 30.2. The third kappa shape index (κ3) is 3.64. The van der Waals surface area contributed by atoms with Crippen LogP contribution in [0.25, 0.3) is 60.5 Å². The summed E-state index contributed by atoms with van der Waals surface area (Å²) in [4.78, 5) is 2.51. The Morgan fingerprint density at radius 3 is 2.26 bits per heavy atom. The molecule has 0 saturated heterocycles. The fraction of sp³-hybridized carbons (Fsp3) is 0.0455. The second-order valence-electron chi connectivity index (χ2n) is 12.4. The maximum atomic E-state index is 6.65. The van der Waals surface area contributed by atoms with Crippen LogP contribution in [0.5, 0.6) is 0 Å². The van der Waals surface area contributed by atoms with Crippen molar-refractivity contribution in [3.05, 3.63) is 169 Å². The molecule has 0 spiro atoms. The molecule has 2 heteroatoms. The number of hydrogen-bond acceptors (Lipinski definition) is 2. The average Bonchev–Trinajstić information content (AvgIpc) is 3.41. The van der Waals surface area contributed by atoms with E-state index in [0.29, 0.717) is 0 Å². The van der Waals surface area contributed by atoms with Crippen LogP contribution in [-0.4, -0.2) is 0 Å². The minimum absolute atomic E-state index is 0.137. The number of hydrogen-bond donors (Lipinski definition) is 0. The van der Waals surface area contributed by atoms with Gasteiger partial charge in [-0.2, -0.15) is 0 Å². The van der Waals surface area contributed by atoms with E-state index < -0.39 is 0 Å². The van der Waals surface area contributed by atoms with Crippen molar-refractivity contribution in [1.29, 1.82) is 0 Å². The fourth-order valence-corrected chi connectivity index (χ4v) is 7.95. The highest BCUT2D eigenvalue weighted by Crippen LogP contribution is 2.54. The summed E-state index contributed by atoms with van der Waals surface area (Å²) in [5.74, 6) is 1.09. The summed E-state index contributed by atoms with van der Waals surface area (Å²) in [6.45, 7) is 0. The fourth-order valence-electron chi connectivity index (χ4n) is 7.95. The lowest BCUT2D eigenvalue weighted by molar-refractivity contribution is 0.593. The molecule has 2 nitrogen and oxygen atoms in total. The van der Waals surface area contributed by atoms with Crippen molar-refractivity contribution in [2.24, 2.45) is 0 Å². The number of allylic oxidation sites excluding steroid dienone is 3. The van der Waals surface area contributed by atoms with Crippen LogP contribution in [0.2, 0.25) is 0 Å². The lowest BCUT2D eigenvalue weighted by atomic mass is 9.84. The van der Waals surface area contributed by atoms with Gasteiger partial charge in [0, 0.05) is 22.3 Å². The Kier molecular flexibility index (Phi) is 5.44. The van der Waals surface area contributed by atoms with Crippen molar-refractivity contribution in [2.75, 3.05) is 4.90 Å². The first kappa shape index (κ1) is 25.5. The van der Waals surface area contributed by atoms with Gasteiger partial charge in [0.2, 0.25) is 0 Å². The summed E-state index contributed by atoms with van der Waals surface area (Å²) in [5.41, 5.74) is 9.50. The molecule has 1 atom stereocenters. The van der Waals surface area contributed by atoms with E-state index >= 15 is 0 Å². The Morgan fingerprint density at radius 1 is 0.543 bits per heavy atom. The Bertz CT molecular complexity index is 2570. The highest BCUT2D eigenvalue weighted by molar-refractivity contribution is 6.24. The third-order valence-corrected chi connectivity index (χ3v) is 9.93. The predicted molar refractivity (Wildman–Crippen MR) is 193 cm³/mol. The molecule has 0 bridgehead atoms. The van der Waals surface area contributed by atoms with Crippen LogP contribution in [0.3, 0.4) is 0 Å². The largest absolute Gasteiger partial charge is 0.456 e. The van der Waals surface area contributed by atoms with Crippen molar-refractivity contribution in [2.45, 2.75) is 12.3 Å². The number of benzene rings is 7. The van der Waals surface area contributed by atoms with Gasteiger partial charge in [-0.3, -0.25) is 0 Å². The smallest absolute Gasteiger partial charge is 0.137 e. The molecule has 2 heterocycles. The molecule has 0 saturated carbocycles. The number of rotatable bonds is 2. The Morgan fingerprint density at radius 2 is 1.35 bits per heavy atom. The average molecular weight is 588 g/mol. The summed E-state index contributed by atoms with van der Waals surface area (Å²) in [6, 6.07) is 48.9. The molecule has 0 amide bonds. The molecule has 0 radical (unpaired) electrons. The highest BCUT2D eigenvalue weighted by Gasteiger charge is 2.34. The van der Waals surface area contributed by atoms with E-state index in [4.69, 9.17) is 4.42 Å². The van der Waals surface area contributed by atoms with Crippen molar-refractivity contribution in [1.82, 2.24) is 0 Å². The Labute approximate surface area is 267 Å². The van der Waals surface area contributed by atoms with Crippen LogP contribution in [0.1, 0.15) is 29.2 Å². The SMILES string of the molecule is C1=C\c2oc3cccc4c3c2C(C/C=C/1)c1cc(-c2ccccc2)ccc1N4c1cc2ccc3ccccc3c2c2ccccc12. The topological polar surface area (TPSA) is 16.4 Å². The molecule has 1 unspecified atom stereocenters. The Hall–Kier alpha value is -5.86. The van der Waals surface area contributed by atoms with E-state index in [2.05, 4.69) is 163 Å². The van der Waals surface area contributed by atoms with E-state index in [1.165, 1.54) is 71.3 Å². The van der Waals surface area contributed by atoms with Gasteiger partial charge in [0.25, 0.3) is 0 Å². The quantitative estimate of drug-likeness (QED) is 0.187. The van der Waals surface area contributed by atoms with Crippen LogP contribution < -0.4 is 4.90 Å². The van der Waals surface area contributed by atoms with E-state index in [-0.39, 0.29) is 5.92 Å². The van der Waals surface area contributed by atoms with Gasteiger partial charge < -0.3 is 9.32 Å². The van der Waals surface area contributed by atoms with Crippen molar-refractivity contribution >= 4 is 66.4 Å². The van der Waals surface area contributed by atoms with E-state index in [1.807, 2.05) is 0 Å². The van der Waals surface area contributed by atoms with Gasteiger partial charge in [-0.15, -0.1) is 0 Å². The molecule has 0 fully saturated rings. The molecule has 1 aromatic heterocycles. The van der Waals surface area contributed by atoms with Gasteiger partial charge in [-0.1, -0.05) is 121 Å². The molecule has 1 aliphatic carbocycles. The second kappa shape index (κ2) is 9.82. The predicted octanol–water partition coefficient (Wildman–Crippen LogP) is 12.4. The molecule has 7 aromatic carbocycles. The standard InChI is InChI=1S/C44H29NO/c1-3-12-28(13-4-1)30-24-25-37-36(26-30)35-17-5-2-6-20-40-43(35)44-38(19-11-21-41(44)46-40)45(37)39-27-31-23-22-29-14-7-8-15-32(29)42(31)34-18-10-9-16-33(34)39/h1-16,18-27,35H,17H2/b5-2+,20-6-. The zero-order valence-corrected chi connectivity index (χ0v) is 25.2. The van der Waals surface area contributed by atoms with Crippen LogP contribution in [0.15, 0.2) is 156 Å². The van der Waals surface area contributed by atoms with E-state index in [1.54, 1.807) is 0 Å². The first-order valence-electron chi connectivity index (χ1n) is 16.0. The molecular weight excluding hydrogens is 558 g/mol. The van der Waals surface area contributed by atoms with Crippen LogP contribution in [0, 0.1) is 0 Å². The third-order valence-electron chi connectivity index (χ3n) is 9.93. The maximum absolute atomic E-state index is 6.65. The molecule has 10 rings (SSSR count). The normalized spacial score (nSPS) is 16.7. The van der Waals surface area contributed by atoms with E-state index in [9.17, 15) is 0 Å². The summed E-state index contributed by atoms with van der Waals surface area (Å²) < 4.78 is 6.65. The first-order chi connectivity index (χ1) is 22.8. The van der Waals surface area contributed by atoms with Crippen LogP contribution in [0.4, 0.5) is 17.1 Å². The number of anilines is 3. The molecule has 46 heavy (non-hydrogen) atoms. The first-order valence-corrected chi connectivity index (χ1v) is 16.0. The number of fused-ring (bicyclic) bond motifs is 7. The summed E-state index contributed by atoms with van der Waals surface area (Å²) in [6.07, 6.45) is 9.59. The summed E-state index contributed by atoms with van der Waals surface area (Å²) in [5, 5.41) is 8.77. The van der Waals surface area contributed by atoms with Gasteiger partial charge in [0.1, 0.15) is 11.3 Å². The van der Waals surface area contributed by atoms with Gasteiger partial charge in [0.15, 0.2) is 0 Å². The van der Waals surface area contributed by atoms with Gasteiger partial charge in [-0.05, 0) is 86.5 Å². The Balaban J connectivity index is 1.35. The highest BCUT2D eigenvalue weighted by atomic mass is 16.3. The van der Waals surface area contributed by atoms with Gasteiger partial charge in [-0.25, -0.2) is 0 Å². The van der Waals surface area contributed by atoms with Gasteiger partial charge in [0.05, 0.1) is 17.1 Å². The number of furan rings is 1. The van der Waals surface area contributed by atoms with Crippen LogP contribution >= 0.6 is 0 Å². The summed E-state index contributed by atoms with van der Waals surface area (Å²) >= 11 is 0. The molecule has 0 N–H and O–H groups in total.